The van der Waals surface area contributed by atoms with Crippen LogP contribution in [0.1, 0.15) is 95.2 Å². The molecule has 3 N–H and O–H groups in total. The molecule has 0 spiro atoms. The van der Waals surface area contributed by atoms with Gasteiger partial charge in [0.2, 0.25) is 5.91 Å². The molecule has 0 saturated carbocycles. The predicted octanol–water partition coefficient (Wildman–Crippen LogP) is 5.83. The molecule has 3 amide bonds. The van der Waals surface area contributed by atoms with E-state index in [0.29, 0.717) is 37.1 Å². The number of rotatable bonds is 6. The Bertz CT molecular complexity index is 2250. The maximum absolute atomic E-state index is 13.6. The fraction of sp³-hybridized carbons (Fsp3) is 0.439. The summed E-state index contributed by atoms with van der Waals surface area (Å²) in [4.78, 5) is 58.6. The first kappa shape index (κ1) is 36.8. The highest BCUT2D eigenvalue weighted by Gasteiger charge is 2.38. The minimum absolute atomic E-state index is 0.114. The summed E-state index contributed by atoms with van der Waals surface area (Å²) in [5.74, 6) is 1.81. The second kappa shape index (κ2) is 14.3. The Kier molecular flexibility index (Phi) is 9.76. The van der Waals surface area contributed by atoms with E-state index >= 15 is 0 Å². The van der Waals surface area contributed by atoms with Crippen LogP contribution in [-0.2, 0) is 25.6 Å². The Morgan fingerprint density at radius 3 is 2.43 bits per heavy atom. The molecule has 7 rings (SSSR count). The lowest BCUT2D eigenvalue weighted by molar-refractivity contribution is -0.135. The zero-order chi connectivity index (χ0) is 38.5. The highest BCUT2D eigenvalue weighted by atomic mass is 16.6. The van der Waals surface area contributed by atoms with Crippen LogP contribution in [0.4, 0.5) is 9.59 Å². The van der Waals surface area contributed by atoms with E-state index < -0.39 is 17.7 Å². The number of alkyl carbamates (subject to hydrolysis) is 1. The summed E-state index contributed by atoms with van der Waals surface area (Å²) in [6, 6.07) is 8.97. The van der Waals surface area contributed by atoms with Crippen molar-refractivity contribution in [1.82, 2.24) is 35.1 Å². The molecule has 0 unspecified atom stereocenters. The third-order valence-corrected chi connectivity index (χ3v) is 10.4. The zero-order valence-corrected chi connectivity index (χ0v) is 31.9. The van der Waals surface area contributed by atoms with Gasteiger partial charge >= 0.3 is 12.2 Å². The van der Waals surface area contributed by atoms with Crippen molar-refractivity contribution in [2.24, 2.45) is 5.92 Å². The molecular weight excluding hydrogens is 686 g/mol. The van der Waals surface area contributed by atoms with E-state index in [2.05, 4.69) is 34.5 Å². The van der Waals surface area contributed by atoms with E-state index in [1.807, 2.05) is 58.9 Å². The van der Waals surface area contributed by atoms with Crippen molar-refractivity contribution >= 4 is 47.0 Å². The molecule has 0 radical (unpaired) electrons. The normalized spacial score (nSPS) is 20.2. The number of likely N-dealkylation sites (tertiary alicyclic amines) is 2. The molecule has 13 heteroatoms. The van der Waals surface area contributed by atoms with Gasteiger partial charge in [-0.1, -0.05) is 39.1 Å². The van der Waals surface area contributed by atoms with Gasteiger partial charge < -0.3 is 34.4 Å². The average molecular weight is 736 g/mol. The number of amides is 3. The number of carbonyl (C=O) groups is 3. The first-order valence-electron chi connectivity index (χ1n) is 18.6. The van der Waals surface area contributed by atoms with Crippen molar-refractivity contribution in [1.29, 1.82) is 0 Å². The Balaban J connectivity index is 1.11. The number of H-pyrrole nitrogens is 2. The van der Waals surface area contributed by atoms with Crippen molar-refractivity contribution in [2.75, 3.05) is 20.2 Å². The molecule has 3 aliphatic heterocycles. The standard InChI is InChI=1S/C41H49N7O6/c1-22(2)33(46-39(50)52-8)38(49)47-17-9-11-31(47)36-42-20-30(44-36)25-13-14-27-24(4)35(53-21-26(27)19-25)28-15-16-29-34(23(28)3)45-37(43-29)32-12-10-18-48(32)40(51)54-41(5,6)7/h13-16,19-20,22,31-33H,3-4,9-12,17-18,21H2,1-2,5-8H3,(H,42,44)(H,43,45)(H,46,50)/b35-28+/t31-,32-,33-/m0/s1. The number of fused-ring (bicyclic) bond motifs is 2. The van der Waals surface area contributed by atoms with Crippen LogP contribution in [0, 0.1) is 5.92 Å². The minimum atomic E-state index is -0.699. The van der Waals surface area contributed by atoms with E-state index in [4.69, 9.17) is 24.2 Å². The number of imidazole rings is 2. The van der Waals surface area contributed by atoms with Gasteiger partial charge in [-0.15, -0.1) is 0 Å². The van der Waals surface area contributed by atoms with Crippen molar-refractivity contribution in [3.8, 4) is 11.3 Å². The molecule has 54 heavy (non-hydrogen) atoms. The summed E-state index contributed by atoms with van der Waals surface area (Å²) in [6.07, 6.45) is 4.09. The van der Waals surface area contributed by atoms with Gasteiger partial charge in [-0.2, -0.15) is 0 Å². The minimum Gasteiger partial charge on any atom is -0.488 e. The maximum Gasteiger partial charge on any atom is 0.410 e. The van der Waals surface area contributed by atoms with Crippen LogP contribution in [0.25, 0.3) is 40.2 Å². The number of nitrogens with one attached hydrogen (secondary N) is 3. The molecule has 2 saturated heterocycles. The molecule has 4 aromatic rings. The lowest BCUT2D eigenvalue weighted by Crippen LogP contribution is -2.51. The molecular formula is C41H49N7O6. The molecule has 0 bridgehead atoms. The molecule has 13 nitrogen and oxygen atoms in total. The molecule has 3 atom stereocenters. The Hall–Kier alpha value is -5.59. The number of benzene rings is 2. The Morgan fingerprint density at radius 2 is 1.72 bits per heavy atom. The molecule has 0 aliphatic carbocycles. The summed E-state index contributed by atoms with van der Waals surface area (Å²) in [7, 11) is 1.29. The summed E-state index contributed by atoms with van der Waals surface area (Å²) < 4.78 is 16.8. The summed E-state index contributed by atoms with van der Waals surface area (Å²) in [5, 5.41) is 4.23. The fourth-order valence-electron chi connectivity index (χ4n) is 7.73. The van der Waals surface area contributed by atoms with E-state index in [1.54, 1.807) is 16.0 Å². The van der Waals surface area contributed by atoms with E-state index in [0.717, 1.165) is 75.1 Å². The number of hydrogen-bond acceptors (Lipinski definition) is 8. The Labute approximate surface area is 314 Å². The van der Waals surface area contributed by atoms with E-state index in [-0.39, 0.29) is 30.0 Å². The van der Waals surface area contributed by atoms with Crippen LogP contribution in [0.2, 0.25) is 0 Å². The molecule has 2 aromatic heterocycles. The van der Waals surface area contributed by atoms with Gasteiger partial charge in [-0.25, -0.2) is 19.6 Å². The van der Waals surface area contributed by atoms with Gasteiger partial charge in [0.05, 0.1) is 42.1 Å². The van der Waals surface area contributed by atoms with E-state index in [9.17, 15) is 14.4 Å². The highest BCUT2D eigenvalue weighted by Crippen LogP contribution is 2.37. The number of methoxy groups -OCH3 is 1. The third-order valence-electron chi connectivity index (χ3n) is 10.4. The van der Waals surface area contributed by atoms with Crippen LogP contribution in [0.15, 0.2) is 43.1 Å². The van der Waals surface area contributed by atoms with Crippen molar-refractivity contribution in [3.05, 3.63) is 76.3 Å². The average Bonchev–Trinajstić information content (AvgIpc) is 3.96. The van der Waals surface area contributed by atoms with Crippen LogP contribution in [0.5, 0.6) is 0 Å². The van der Waals surface area contributed by atoms with Crippen molar-refractivity contribution < 1.29 is 28.6 Å². The fourth-order valence-corrected chi connectivity index (χ4v) is 7.73. The lowest BCUT2D eigenvalue weighted by Gasteiger charge is -2.30. The van der Waals surface area contributed by atoms with Gasteiger partial charge in [0.15, 0.2) is 0 Å². The van der Waals surface area contributed by atoms with Gasteiger partial charge in [-0.05, 0) is 87.3 Å². The second-order valence-corrected chi connectivity index (χ2v) is 15.6. The summed E-state index contributed by atoms with van der Waals surface area (Å²) in [5.41, 5.74) is 5.46. The van der Waals surface area contributed by atoms with Crippen molar-refractivity contribution in [3.63, 3.8) is 0 Å². The van der Waals surface area contributed by atoms with Crippen molar-refractivity contribution in [2.45, 2.75) is 90.6 Å². The SMILES string of the molecule is C=C1/C(=c2/ccc3[nH]c([C@@H]4CCCN4C(=O)OC(C)(C)C)nc3c2=C)OCc2cc(-c3cnc([C@@H]4CCCN4C(=O)[C@@H](NC(=O)OC)C(C)C)[nH]3)ccc21. The van der Waals surface area contributed by atoms with Crippen LogP contribution < -0.4 is 15.8 Å². The molecule has 3 aliphatic rings. The quantitative estimate of drug-likeness (QED) is 0.224. The number of aromatic amines is 2. The first-order chi connectivity index (χ1) is 25.7. The molecule has 284 valence electrons. The van der Waals surface area contributed by atoms with Crippen LogP contribution in [0.3, 0.4) is 0 Å². The van der Waals surface area contributed by atoms with Crippen LogP contribution in [-0.4, -0.2) is 79.7 Å². The number of nitrogens with zero attached hydrogens (tertiary/aromatic N) is 4. The predicted molar refractivity (Wildman–Crippen MR) is 205 cm³/mol. The summed E-state index contributed by atoms with van der Waals surface area (Å²) in [6.45, 7) is 19.8. The van der Waals surface area contributed by atoms with Crippen LogP contribution >= 0.6 is 0 Å². The first-order valence-corrected chi connectivity index (χ1v) is 18.6. The highest BCUT2D eigenvalue weighted by molar-refractivity contribution is 5.96. The number of aromatic nitrogens is 4. The summed E-state index contributed by atoms with van der Waals surface area (Å²) >= 11 is 0. The second-order valence-electron chi connectivity index (χ2n) is 15.6. The zero-order valence-electron chi connectivity index (χ0n) is 31.9. The number of hydrogen-bond donors (Lipinski definition) is 3. The Morgan fingerprint density at radius 1 is 1.00 bits per heavy atom. The number of ether oxygens (including phenoxy) is 3. The van der Waals surface area contributed by atoms with E-state index in [1.165, 1.54) is 7.11 Å². The number of carbonyl (C=O) groups excluding carboxylic acids is 3. The monoisotopic (exact) mass is 735 g/mol. The smallest absolute Gasteiger partial charge is 0.410 e. The van der Waals surface area contributed by atoms with Gasteiger partial charge in [0, 0.05) is 29.1 Å². The third kappa shape index (κ3) is 6.94. The van der Waals surface area contributed by atoms with Gasteiger partial charge in [0.25, 0.3) is 0 Å². The largest absolute Gasteiger partial charge is 0.488 e. The molecule has 5 heterocycles. The molecule has 2 fully saturated rings. The maximum atomic E-state index is 13.6. The lowest BCUT2D eigenvalue weighted by atomic mass is 9.93. The molecule has 2 aromatic carbocycles. The topological polar surface area (TPSA) is 155 Å². The van der Waals surface area contributed by atoms with Gasteiger partial charge in [-0.3, -0.25) is 9.69 Å². The van der Waals surface area contributed by atoms with Gasteiger partial charge in [0.1, 0.15) is 35.7 Å².